The van der Waals surface area contributed by atoms with Crippen molar-refractivity contribution in [3.63, 3.8) is 0 Å². The second-order valence-corrected chi connectivity index (χ2v) is 6.19. The number of nitrogen functional groups attached to an aromatic ring is 1. The van der Waals surface area contributed by atoms with Crippen LogP contribution >= 0.6 is 0 Å². The SMILES string of the molecule is N#Cc1cccc(-n2cccc2CN2CCc3nc(N)ncc3C2)c1. The minimum atomic E-state index is 0.346. The predicted molar refractivity (Wildman–Crippen MR) is 94.7 cm³/mol. The minimum absolute atomic E-state index is 0.346. The number of hydrogen-bond acceptors (Lipinski definition) is 5. The largest absolute Gasteiger partial charge is 0.368 e. The molecule has 6 heteroatoms. The van der Waals surface area contributed by atoms with Gasteiger partial charge in [0.2, 0.25) is 5.95 Å². The molecule has 3 heterocycles. The molecule has 0 fully saturated rings. The summed E-state index contributed by atoms with van der Waals surface area (Å²) in [5.41, 5.74) is 10.7. The van der Waals surface area contributed by atoms with E-state index in [0.717, 1.165) is 43.0 Å². The molecule has 1 aliphatic heterocycles. The zero-order valence-corrected chi connectivity index (χ0v) is 13.8. The Morgan fingerprint density at radius 3 is 3.04 bits per heavy atom. The average molecular weight is 330 g/mol. The number of aromatic nitrogens is 3. The molecule has 6 nitrogen and oxygen atoms in total. The first-order valence-electron chi connectivity index (χ1n) is 8.22. The van der Waals surface area contributed by atoms with E-state index in [-0.39, 0.29) is 0 Å². The summed E-state index contributed by atoms with van der Waals surface area (Å²) < 4.78 is 2.13. The molecule has 2 N–H and O–H groups in total. The molecule has 0 bridgehead atoms. The van der Waals surface area contributed by atoms with Gasteiger partial charge >= 0.3 is 0 Å². The van der Waals surface area contributed by atoms with Crippen molar-refractivity contribution in [3.05, 3.63) is 71.3 Å². The van der Waals surface area contributed by atoms with Gasteiger partial charge in [-0.3, -0.25) is 4.90 Å². The van der Waals surface area contributed by atoms with E-state index in [2.05, 4.69) is 31.6 Å². The van der Waals surface area contributed by atoms with Crippen LogP contribution in [0.25, 0.3) is 5.69 Å². The maximum absolute atomic E-state index is 9.11. The van der Waals surface area contributed by atoms with E-state index < -0.39 is 0 Å². The average Bonchev–Trinajstić information content (AvgIpc) is 3.10. The Morgan fingerprint density at radius 2 is 2.16 bits per heavy atom. The van der Waals surface area contributed by atoms with Crippen LogP contribution in [0.15, 0.2) is 48.8 Å². The molecule has 0 aliphatic carbocycles. The maximum Gasteiger partial charge on any atom is 0.220 e. The molecule has 124 valence electrons. The molecule has 2 aromatic heterocycles. The lowest BCUT2D eigenvalue weighted by Gasteiger charge is -2.28. The van der Waals surface area contributed by atoms with Gasteiger partial charge < -0.3 is 10.3 Å². The van der Waals surface area contributed by atoms with Crippen molar-refractivity contribution in [2.24, 2.45) is 0 Å². The third kappa shape index (κ3) is 3.10. The third-order valence-electron chi connectivity index (χ3n) is 4.50. The van der Waals surface area contributed by atoms with E-state index in [1.165, 1.54) is 5.69 Å². The number of rotatable bonds is 3. The molecule has 1 aliphatic rings. The second-order valence-electron chi connectivity index (χ2n) is 6.19. The van der Waals surface area contributed by atoms with Crippen molar-refractivity contribution in [1.29, 1.82) is 5.26 Å². The lowest BCUT2D eigenvalue weighted by molar-refractivity contribution is 0.239. The number of nitriles is 1. The van der Waals surface area contributed by atoms with E-state index in [4.69, 9.17) is 11.0 Å². The van der Waals surface area contributed by atoms with Crippen molar-refractivity contribution >= 4 is 5.95 Å². The van der Waals surface area contributed by atoms with Gasteiger partial charge in [-0.1, -0.05) is 6.07 Å². The van der Waals surface area contributed by atoms with E-state index >= 15 is 0 Å². The molecule has 0 unspecified atom stereocenters. The number of nitrogens with two attached hydrogens (primary N) is 1. The van der Waals surface area contributed by atoms with Crippen molar-refractivity contribution in [2.75, 3.05) is 12.3 Å². The first kappa shape index (κ1) is 15.4. The van der Waals surface area contributed by atoms with Gasteiger partial charge in [0.25, 0.3) is 0 Å². The van der Waals surface area contributed by atoms with Crippen molar-refractivity contribution in [2.45, 2.75) is 19.5 Å². The predicted octanol–water partition coefficient (Wildman–Crippen LogP) is 2.28. The topological polar surface area (TPSA) is 83.8 Å². The highest BCUT2D eigenvalue weighted by Gasteiger charge is 2.19. The smallest absolute Gasteiger partial charge is 0.220 e. The highest BCUT2D eigenvalue weighted by Crippen LogP contribution is 2.21. The Balaban J connectivity index is 1.56. The number of fused-ring (bicyclic) bond motifs is 1. The van der Waals surface area contributed by atoms with Gasteiger partial charge in [0, 0.05) is 55.4 Å². The highest BCUT2D eigenvalue weighted by atomic mass is 15.2. The third-order valence-corrected chi connectivity index (χ3v) is 4.50. The van der Waals surface area contributed by atoms with Crippen LogP contribution in [0.4, 0.5) is 5.95 Å². The van der Waals surface area contributed by atoms with E-state index in [1.54, 1.807) is 0 Å². The van der Waals surface area contributed by atoms with Crippen LogP contribution in [0.5, 0.6) is 0 Å². The molecule has 0 radical (unpaired) electrons. The van der Waals surface area contributed by atoms with Crippen LogP contribution in [0.3, 0.4) is 0 Å². The van der Waals surface area contributed by atoms with Crippen LogP contribution < -0.4 is 5.73 Å². The monoisotopic (exact) mass is 330 g/mol. The number of benzene rings is 1. The first-order chi connectivity index (χ1) is 12.2. The normalized spacial score (nSPS) is 14.0. The lowest BCUT2D eigenvalue weighted by Crippen LogP contribution is -2.31. The Bertz CT molecular complexity index is 953. The molecule has 0 saturated carbocycles. The van der Waals surface area contributed by atoms with Crippen LogP contribution in [-0.4, -0.2) is 26.0 Å². The summed E-state index contributed by atoms with van der Waals surface area (Å²) in [6, 6.07) is 14.0. The van der Waals surface area contributed by atoms with Gasteiger partial charge in [-0.15, -0.1) is 0 Å². The summed E-state index contributed by atoms with van der Waals surface area (Å²) in [6.45, 7) is 2.58. The van der Waals surface area contributed by atoms with Crippen LogP contribution in [0, 0.1) is 11.3 Å². The van der Waals surface area contributed by atoms with Gasteiger partial charge in [-0.2, -0.15) is 5.26 Å². The van der Waals surface area contributed by atoms with E-state index in [0.29, 0.717) is 11.5 Å². The van der Waals surface area contributed by atoms with Gasteiger partial charge in [0.05, 0.1) is 17.3 Å². The Morgan fingerprint density at radius 1 is 1.24 bits per heavy atom. The fourth-order valence-electron chi connectivity index (χ4n) is 3.28. The zero-order valence-electron chi connectivity index (χ0n) is 13.8. The molecule has 3 aromatic rings. The fraction of sp³-hybridized carbons (Fsp3) is 0.211. The first-order valence-corrected chi connectivity index (χ1v) is 8.22. The summed E-state index contributed by atoms with van der Waals surface area (Å²) in [5, 5.41) is 9.11. The summed E-state index contributed by atoms with van der Waals surface area (Å²) in [6.07, 6.45) is 4.75. The maximum atomic E-state index is 9.11. The molecule has 1 aromatic carbocycles. The quantitative estimate of drug-likeness (QED) is 0.796. The lowest BCUT2D eigenvalue weighted by atomic mass is 10.1. The number of anilines is 1. The molecule has 0 amide bonds. The van der Waals surface area contributed by atoms with Gasteiger partial charge in [0.1, 0.15) is 0 Å². The van der Waals surface area contributed by atoms with Gasteiger partial charge in [0.15, 0.2) is 0 Å². The van der Waals surface area contributed by atoms with Crippen molar-refractivity contribution in [3.8, 4) is 11.8 Å². The van der Waals surface area contributed by atoms with Gasteiger partial charge in [-0.05, 0) is 30.3 Å². The Labute approximate surface area is 146 Å². The summed E-state index contributed by atoms with van der Waals surface area (Å²) in [5.74, 6) is 0.346. The summed E-state index contributed by atoms with van der Waals surface area (Å²) in [4.78, 5) is 10.8. The summed E-state index contributed by atoms with van der Waals surface area (Å²) >= 11 is 0. The van der Waals surface area contributed by atoms with Crippen molar-refractivity contribution < 1.29 is 0 Å². The molecule has 0 atom stereocenters. The van der Waals surface area contributed by atoms with E-state index in [1.807, 2.05) is 42.7 Å². The number of nitrogens with zero attached hydrogens (tertiary/aromatic N) is 5. The summed E-state index contributed by atoms with van der Waals surface area (Å²) in [7, 11) is 0. The molecular formula is C19H18N6. The fourth-order valence-corrected chi connectivity index (χ4v) is 3.28. The highest BCUT2D eigenvalue weighted by molar-refractivity contribution is 5.42. The molecule has 0 spiro atoms. The standard InChI is InChI=1S/C19H18N6/c20-10-14-3-1-4-16(9-14)25-7-2-5-17(25)13-24-8-6-18-15(12-24)11-22-19(21)23-18/h1-5,7,9,11H,6,8,12-13H2,(H2,21,22,23). The van der Waals surface area contributed by atoms with Crippen LogP contribution in [-0.2, 0) is 19.5 Å². The molecule has 25 heavy (non-hydrogen) atoms. The Hall–Kier alpha value is -3.17. The van der Waals surface area contributed by atoms with Gasteiger partial charge in [-0.25, -0.2) is 9.97 Å². The van der Waals surface area contributed by atoms with Crippen LogP contribution in [0.2, 0.25) is 0 Å². The Kier molecular flexibility index (Phi) is 3.92. The molecule has 0 saturated heterocycles. The van der Waals surface area contributed by atoms with Crippen molar-refractivity contribution in [1.82, 2.24) is 19.4 Å². The molecular weight excluding hydrogens is 312 g/mol. The number of hydrogen-bond donors (Lipinski definition) is 1. The molecule has 4 rings (SSSR count). The minimum Gasteiger partial charge on any atom is -0.368 e. The van der Waals surface area contributed by atoms with E-state index in [9.17, 15) is 0 Å². The van der Waals surface area contributed by atoms with Crippen LogP contribution in [0.1, 0.15) is 22.5 Å². The zero-order chi connectivity index (χ0) is 17.2. The second kappa shape index (κ2) is 6.38.